The maximum atomic E-state index is 13.5. The summed E-state index contributed by atoms with van der Waals surface area (Å²) in [6.07, 6.45) is -1.92. The van der Waals surface area contributed by atoms with E-state index in [9.17, 15) is 18.0 Å². The second-order valence-electron chi connectivity index (χ2n) is 7.78. The number of benzene rings is 1. The van der Waals surface area contributed by atoms with Crippen LogP contribution in [0.5, 0.6) is 0 Å². The van der Waals surface area contributed by atoms with Crippen molar-refractivity contribution >= 4 is 17.0 Å². The second-order valence-corrected chi connectivity index (χ2v) is 7.78. The number of fused-ring (bicyclic) bond motifs is 1. The van der Waals surface area contributed by atoms with Gasteiger partial charge in [0.05, 0.1) is 27.9 Å². The van der Waals surface area contributed by atoms with Crippen LogP contribution in [0.1, 0.15) is 46.8 Å². The molecule has 1 amide bonds. The normalized spacial score (nSPS) is 19.4. The van der Waals surface area contributed by atoms with Gasteiger partial charge in [-0.2, -0.15) is 13.2 Å². The van der Waals surface area contributed by atoms with Crippen molar-refractivity contribution in [3.8, 4) is 11.3 Å². The lowest BCUT2D eigenvalue weighted by Gasteiger charge is -2.14. The van der Waals surface area contributed by atoms with Gasteiger partial charge >= 0.3 is 6.18 Å². The third-order valence-corrected chi connectivity index (χ3v) is 5.59. The van der Waals surface area contributed by atoms with Crippen molar-refractivity contribution in [3.05, 3.63) is 47.2 Å². The quantitative estimate of drug-likeness (QED) is 0.675. The van der Waals surface area contributed by atoms with Crippen molar-refractivity contribution in [1.29, 1.82) is 0 Å². The standard InChI is InChI=1S/C21H19F3N4O2/c22-21(23,24)15-4-2-1-3-13(15)16-9-14(19(29)26-12-5-6-12)17-18(11-7-8-25-10-11)28-30-20(17)27-16/h1-4,9,11-12,25H,5-8,10H2,(H,26,29). The topological polar surface area (TPSA) is 80.1 Å². The molecule has 0 radical (unpaired) electrons. The number of carbonyl (C=O) groups is 1. The highest BCUT2D eigenvalue weighted by Crippen LogP contribution is 2.39. The van der Waals surface area contributed by atoms with Crippen LogP contribution in [-0.2, 0) is 6.18 Å². The van der Waals surface area contributed by atoms with Gasteiger partial charge in [-0.25, -0.2) is 4.98 Å². The average Bonchev–Trinajstić information content (AvgIpc) is 3.19. The van der Waals surface area contributed by atoms with Crippen LogP contribution >= 0.6 is 0 Å². The van der Waals surface area contributed by atoms with E-state index in [0.717, 1.165) is 31.9 Å². The van der Waals surface area contributed by atoms with Crippen LogP contribution in [0.25, 0.3) is 22.4 Å². The number of hydrogen-bond acceptors (Lipinski definition) is 5. The van der Waals surface area contributed by atoms with Crippen LogP contribution < -0.4 is 10.6 Å². The van der Waals surface area contributed by atoms with Crippen molar-refractivity contribution in [2.45, 2.75) is 37.4 Å². The number of carbonyl (C=O) groups excluding carboxylic acids is 1. The Labute approximate surface area is 169 Å². The summed E-state index contributed by atoms with van der Waals surface area (Å²) in [5.41, 5.74) is 0.0649. The molecule has 0 spiro atoms. The van der Waals surface area contributed by atoms with Gasteiger partial charge in [-0.05, 0) is 37.9 Å². The molecule has 1 atom stereocenters. The Balaban J connectivity index is 1.69. The first-order valence-corrected chi connectivity index (χ1v) is 9.90. The molecule has 2 aliphatic rings. The lowest BCUT2D eigenvalue weighted by molar-refractivity contribution is -0.137. The first kappa shape index (κ1) is 19.0. The molecular formula is C21H19F3N4O2. The van der Waals surface area contributed by atoms with E-state index >= 15 is 0 Å². The predicted molar refractivity (Wildman–Crippen MR) is 103 cm³/mol. The zero-order valence-electron chi connectivity index (χ0n) is 15.9. The number of nitrogens with one attached hydrogen (secondary N) is 2. The fourth-order valence-corrected chi connectivity index (χ4v) is 3.90. The van der Waals surface area contributed by atoms with Crippen LogP contribution in [0.3, 0.4) is 0 Å². The van der Waals surface area contributed by atoms with Crippen molar-refractivity contribution in [3.63, 3.8) is 0 Å². The Kier molecular flexibility index (Phi) is 4.50. The molecule has 3 aromatic rings. The van der Waals surface area contributed by atoms with Crippen molar-refractivity contribution in [2.24, 2.45) is 0 Å². The van der Waals surface area contributed by atoms with E-state index in [0.29, 0.717) is 17.6 Å². The first-order valence-electron chi connectivity index (χ1n) is 9.90. The van der Waals surface area contributed by atoms with E-state index in [1.807, 2.05) is 0 Å². The summed E-state index contributed by atoms with van der Waals surface area (Å²) in [4.78, 5) is 17.3. The summed E-state index contributed by atoms with van der Waals surface area (Å²) in [5.74, 6) is -0.278. The molecule has 2 fully saturated rings. The third kappa shape index (κ3) is 3.43. The van der Waals surface area contributed by atoms with Crippen molar-refractivity contribution in [1.82, 2.24) is 20.8 Å². The van der Waals surface area contributed by atoms with E-state index < -0.39 is 11.7 Å². The monoisotopic (exact) mass is 416 g/mol. The molecule has 5 rings (SSSR count). The molecule has 1 aromatic carbocycles. The molecule has 2 N–H and O–H groups in total. The van der Waals surface area contributed by atoms with Crippen LogP contribution in [0, 0.1) is 0 Å². The summed E-state index contributed by atoms with van der Waals surface area (Å²) >= 11 is 0. The molecular weight excluding hydrogens is 397 g/mol. The van der Waals surface area contributed by atoms with Gasteiger partial charge in [0.1, 0.15) is 0 Å². The molecule has 1 saturated carbocycles. The van der Waals surface area contributed by atoms with Gasteiger partial charge in [-0.3, -0.25) is 4.79 Å². The summed E-state index contributed by atoms with van der Waals surface area (Å²) in [6, 6.07) is 6.71. The Hall–Kier alpha value is -2.94. The number of halogens is 3. The van der Waals surface area contributed by atoms with E-state index in [4.69, 9.17) is 4.52 Å². The molecule has 30 heavy (non-hydrogen) atoms. The molecule has 1 aliphatic heterocycles. The third-order valence-electron chi connectivity index (χ3n) is 5.59. The molecule has 9 heteroatoms. The minimum atomic E-state index is -4.55. The maximum Gasteiger partial charge on any atom is 0.417 e. The molecule has 1 saturated heterocycles. The maximum absolute atomic E-state index is 13.5. The zero-order valence-corrected chi connectivity index (χ0v) is 15.9. The molecule has 3 heterocycles. The number of rotatable bonds is 4. The summed E-state index contributed by atoms with van der Waals surface area (Å²) in [7, 11) is 0. The molecule has 1 aliphatic carbocycles. The van der Waals surface area contributed by atoms with Gasteiger partial charge in [0, 0.05) is 24.1 Å². The molecule has 6 nitrogen and oxygen atoms in total. The Morgan fingerprint density at radius 3 is 2.70 bits per heavy atom. The number of pyridine rings is 1. The van der Waals surface area contributed by atoms with Gasteiger partial charge in [-0.1, -0.05) is 23.4 Å². The molecule has 2 aromatic heterocycles. The van der Waals surface area contributed by atoms with Crippen LogP contribution in [0.15, 0.2) is 34.9 Å². The number of nitrogens with zero attached hydrogens (tertiary/aromatic N) is 2. The Morgan fingerprint density at radius 2 is 2.00 bits per heavy atom. The van der Waals surface area contributed by atoms with Crippen LogP contribution in [0.4, 0.5) is 13.2 Å². The smallest absolute Gasteiger partial charge is 0.349 e. The highest BCUT2D eigenvalue weighted by atomic mass is 19.4. The summed E-state index contributed by atoms with van der Waals surface area (Å²) < 4.78 is 46.0. The minimum Gasteiger partial charge on any atom is -0.349 e. The second kappa shape index (κ2) is 7.09. The average molecular weight is 416 g/mol. The lowest BCUT2D eigenvalue weighted by Crippen LogP contribution is -2.26. The highest BCUT2D eigenvalue weighted by Gasteiger charge is 2.35. The Bertz CT molecular complexity index is 1120. The number of amides is 1. The number of hydrogen-bond donors (Lipinski definition) is 2. The zero-order chi connectivity index (χ0) is 20.9. The first-order chi connectivity index (χ1) is 14.4. The summed E-state index contributed by atoms with van der Waals surface area (Å²) in [5, 5.41) is 10.8. The SMILES string of the molecule is O=C(NC1CC1)c1cc(-c2ccccc2C(F)(F)F)nc2onc(C3CCNC3)c12. The molecule has 156 valence electrons. The highest BCUT2D eigenvalue weighted by molar-refractivity contribution is 6.07. The van der Waals surface area contributed by atoms with E-state index in [1.165, 1.54) is 24.3 Å². The molecule has 0 bridgehead atoms. The summed E-state index contributed by atoms with van der Waals surface area (Å²) in [6.45, 7) is 1.52. The van der Waals surface area contributed by atoms with Crippen molar-refractivity contribution < 1.29 is 22.5 Å². The Morgan fingerprint density at radius 1 is 1.20 bits per heavy atom. The molecule has 1 unspecified atom stereocenters. The fourth-order valence-electron chi connectivity index (χ4n) is 3.90. The van der Waals surface area contributed by atoms with Crippen molar-refractivity contribution in [2.75, 3.05) is 13.1 Å². The van der Waals surface area contributed by atoms with E-state index in [-0.39, 0.29) is 40.4 Å². The van der Waals surface area contributed by atoms with Gasteiger partial charge < -0.3 is 15.2 Å². The van der Waals surface area contributed by atoms with E-state index in [2.05, 4.69) is 20.8 Å². The van der Waals surface area contributed by atoms with E-state index in [1.54, 1.807) is 0 Å². The number of alkyl halides is 3. The fraction of sp³-hybridized carbons (Fsp3) is 0.381. The lowest BCUT2D eigenvalue weighted by atomic mass is 9.96. The predicted octanol–water partition coefficient (Wildman–Crippen LogP) is 3.88. The minimum absolute atomic E-state index is 0.0311. The van der Waals surface area contributed by atoms with Crippen LogP contribution in [0.2, 0.25) is 0 Å². The van der Waals surface area contributed by atoms with Gasteiger partial charge in [0.25, 0.3) is 11.6 Å². The van der Waals surface area contributed by atoms with Crippen LogP contribution in [-0.4, -0.2) is 35.2 Å². The van der Waals surface area contributed by atoms with Gasteiger partial charge in [0.15, 0.2) is 0 Å². The largest absolute Gasteiger partial charge is 0.417 e. The number of aromatic nitrogens is 2. The van der Waals surface area contributed by atoms with Gasteiger partial charge in [-0.15, -0.1) is 0 Å². The van der Waals surface area contributed by atoms with Gasteiger partial charge in [0.2, 0.25) is 0 Å².